The second-order valence-corrected chi connectivity index (χ2v) is 7.63. The van der Waals surface area contributed by atoms with Gasteiger partial charge >= 0.3 is 0 Å². The summed E-state index contributed by atoms with van der Waals surface area (Å²) < 4.78 is 44.8. The molecule has 0 aromatic heterocycles. The molecule has 0 aliphatic carbocycles. The summed E-state index contributed by atoms with van der Waals surface area (Å²) in [6.07, 6.45) is 1.75. The van der Waals surface area contributed by atoms with Crippen LogP contribution < -0.4 is 0 Å². The van der Waals surface area contributed by atoms with Gasteiger partial charge in [0.1, 0.15) is 5.82 Å². The Kier molecular flexibility index (Phi) is 5.35. The van der Waals surface area contributed by atoms with E-state index in [2.05, 4.69) is 0 Å². The summed E-state index contributed by atoms with van der Waals surface area (Å²) >= 11 is 0. The van der Waals surface area contributed by atoms with E-state index in [1.54, 1.807) is 0 Å². The number of hydrogen-bond acceptors (Lipinski definition) is 3. The lowest BCUT2D eigenvalue weighted by molar-refractivity contribution is -0.0168. The highest BCUT2D eigenvalue weighted by Crippen LogP contribution is 2.20. The Hall–Kier alpha value is -0.980. The molecule has 1 aliphatic heterocycles. The summed E-state index contributed by atoms with van der Waals surface area (Å²) in [6.45, 7) is 4.94. The minimum absolute atomic E-state index is 0.0804. The average molecular weight is 315 g/mol. The van der Waals surface area contributed by atoms with Crippen LogP contribution in [0.4, 0.5) is 4.39 Å². The van der Waals surface area contributed by atoms with Crippen LogP contribution in [0.5, 0.6) is 0 Å². The van der Waals surface area contributed by atoms with Crippen LogP contribution in [0.3, 0.4) is 0 Å². The molecule has 0 N–H and O–H groups in total. The first kappa shape index (κ1) is 16.4. The molecular formula is C15H22FNO3S. The van der Waals surface area contributed by atoms with Gasteiger partial charge in [-0.1, -0.05) is 12.1 Å². The zero-order chi connectivity index (χ0) is 15.5. The quantitative estimate of drug-likeness (QED) is 0.839. The number of benzene rings is 1. The topological polar surface area (TPSA) is 46.6 Å². The van der Waals surface area contributed by atoms with Gasteiger partial charge in [0, 0.05) is 13.1 Å². The molecule has 6 heteroatoms. The van der Waals surface area contributed by atoms with Gasteiger partial charge in [-0.05, 0) is 44.4 Å². The maximum Gasteiger partial charge on any atom is 0.218 e. The molecule has 0 spiro atoms. The Balaban J connectivity index is 1.93. The number of rotatable bonds is 5. The van der Waals surface area contributed by atoms with Crippen molar-refractivity contribution < 1.29 is 17.5 Å². The van der Waals surface area contributed by atoms with Crippen LogP contribution in [-0.4, -0.2) is 38.0 Å². The van der Waals surface area contributed by atoms with E-state index in [9.17, 15) is 12.8 Å². The molecule has 118 valence electrons. The molecule has 0 bridgehead atoms. The lowest BCUT2D eigenvalue weighted by Crippen LogP contribution is -2.41. The molecular weight excluding hydrogens is 293 g/mol. The van der Waals surface area contributed by atoms with Crippen molar-refractivity contribution >= 4 is 10.0 Å². The van der Waals surface area contributed by atoms with Crippen LogP contribution in [0.25, 0.3) is 0 Å². The third-order valence-corrected chi connectivity index (χ3v) is 5.37. The Labute approximate surface area is 126 Å². The van der Waals surface area contributed by atoms with Crippen molar-refractivity contribution in [2.24, 2.45) is 0 Å². The molecule has 4 nitrogen and oxygen atoms in total. The Bertz CT molecular complexity index is 549. The first-order chi connectivity index (χ1) is 9.87. The van der Waals surface area contributed by atoms with Crippen molar-refractivity contribution in [1.29, 1.82) is 0 Å². The standard InChI is InChI=1S/C15H22FNO3S/c1-12(2)20-15-7-9-17(10-8-15)21(18,19)11-13-3-5-14(16)6-4-13/h3-6,12,15H,7-11H2,1-2H3. The third-order valence-electron chi connectivity index (χ3n) is 3.52. The van der Waals surface area contributed by atoms with Crippen molar-refractivity contribution in [2.45, 2.75) is 44.6 Å². The van der Waals surface area contributed by atoms with Crippen LogP contribution in [0, 0.1) is 5.82 Å². The van der Waals surface area contributed by atoms with Gasteiger partial charge in [-0.25, -0.2) is 17.1 Å². The first-order valence-corrected chi connectivity index (χ1v) is 8.85. The van der Waals surface area contributed by atoms with Gasteiger partial charge < -0.3 is 4.74 Å². The molecule has 0 amide bonds. The number of halogens is 1. The Morgan fingerprint density at radius 3 is 2.33 bits per heavy atom. The lowest BCUT2D eigenvalue weighted by atomic mass is 10.1. The molecule has 1 saturated heterocycles. The fourth-order valence-electron chi connectivity index (χ4n) is 2.51. The molecule has 21 heavy (non-hydrogen) atoms. The van der Waals surface area contributed by atoms with Gasteiger partial charge in [0.05, 0.1) is 18.0 Å². The summed E-state index contributed by atoms with van der Waals surface area (Å²) in [5.74, 6) is -0.439. The highest BCUT2D eigenvalue weighted by molar-refractivity contribution is 7.88. The van der Waals surface area contributed by atoms with Crippen molar-refractivity contribution in [3.63, 3.8) is 0 Å². The monoisotopic (exact) mass is 315 g/mol. The van der Waals surface area contributed by atoms with Gasteiger partial charge in [0.15, 0.2) is 0 Å². The van der Waals surface area contributed by atoms with Crippen LogP contribution in [0.2, 0.25) is 0 Å². The second-order valence-electron chi connectivity index (χ2n) is 5.67. The number of piperidine rings is 1. The molecule has 1 aromatic rings. The van der Waals surface area contributed by atoms with E-state index in [0.717, 1.165) is 12.8 Å². The fourth-order valence-corrected chi connectivity index (χ4v) is 4.08. The third kappa shape index (κ3) is 4.76. The van der Waals surface area contributed by atoms with Gasteiger partial charge in [-0.2, -0.15) is 0 Å². The summed E-state index contributed by atoms with van der Waals surface area (Å²) in [6, 6.07) is 5.60. The van der Waals surface area contributed by atoms with E-state index in [1.807, 2.05) is 13.8 Å². The minimum Gasteiger partial charge on any atom is -0.375 e. The second kappa shape index (κ2) is 6.85. The maximum atomic E-state index is 12.8. The molecule has 0 radical (unpaired) electrons. The van der Waals surface area contributed by atoms with Crippen molar-refractivity contribution in [2.75, 3.05) is 13.1 Å². The van der Waals surface area contributed by atoms with Crippen LogP contribution in [-0.2, 0) is 20.5 Å². The number of sulfonamides is 1. The SMILES string of the molecule is CC(C)OC1CCN(S(=O)(=O)Cc2ccc(F)cc2)CC1. The van der Waals surface area contributed by atoms with Crippen LogP contribution >= 0.6 is 0 Å². The van der Waals surface area contributed by atoms with E-state index in [4.69, 9.17) is 4.74 Å². The Morgan fingerprint density at radius 1 is 1.24 bits per heavy atom. The zero-order valence-corrected chi connectivity index (χ0v) is 13.3. The summed E-state index contributed by atoms with van der Waals surface area (Å²) in [7, 11) is -3.35. The van der Waals surface area contributed by atoms with E-state index in [-0.39, 0.29) is 23.8 Å². The largest absolute Gasteiger partial charge is 0.375 e. The highest BCUT2D eigenvalue weighted by atomic mass is 32.2. The smallest absolute Gasteiger partial charge is 0.218 e. The molecule has 0 atom stereocenters. The van der Waals surface area contributed by atoms with E-state index in [0.29, 0.717) is 18.7 Å². The molecule has 1 fully saturated rings. The van der Waals surface area contributed by atoms with Crippen molar-refractivity contribution in [3.8, 4) is 0 Å². The molecule has 1 aliphatic rings. The molecule has 1 aromatic carbocycles. The highest BCUT2D eigenvalue weighted by Gasteiger charge is 2.28. The van der Waals surface area contributed by atoms with Crippen molar-refractivity contribution in [1.82, 2.24) is 4.31 Å². The van der Waals surface area contributed by atoms with Gasteiger partial charge in [0.2, 0.25) is 10.0 Å². The molecule has 0 unspecified atom stereocenters. The summed E-state index contributed by atoms with van der Waals surface area (Å²) in [5.41, 5.74) is 0.608. The summed E-state index contributed by atoms with van der Waals surface area (Å²) in [4.78, 5) is 0. The van der Waals surface area contributed by atoms with Crippen LogP contribution in [0.1, 0.15) is 32.3 Å². The fraction of sp³-hybridized carbons (Fsp3) is 0.600. The zero-order valence-electron chi connectivity index (χ0n) is 12.5. The first-order valence-electron chi connectivity index (χ1n) is 7.24. The number of nitrogens with zero attached hydrogens (tertiary/aromatic N) is 1. The van der Waals surface area contributed by atoms with E-state index in [1.165, 1.54) is 28.6 Å². The molecule has 0 saturated carbocycles. The minimum atomic E-state index is -3.35. The predicted octanol–water partition coefficient (Wildman–Crippen LogP) is 2.54. The van der Waals surface area contributed by atoms with E-state index >= 15 is 0 Å². The predicted molar refractivity (Wildman–Crippen MR) is 79.8 cm³/mol. The normalized spacial score (nSPS) is 18.3. The van der Waals surface area contributed by atoms with Gasteiger partial charge in [0.25, 0.3) is 0 Å². The lowest BCUT2D eigenvalue weighted by Gasteiger charge is -2.32. The Morgan fingerprint density at radius 2 is 1.81 bits per heavy atom. The van der Waals surface area contributed by atoms with Crippen LogP contribution in [0.15, 0.2) is 24.3 Å². The molecule has 1 heterocycles. The van der Waals surface area contributed by atoms with Crippen molar-refractivity contribution in [3.05, 3.63) is 35.6 Å². The van der Waals surface area contributed by atoms with E-state index < -0.39 is 10.0 Å². The summed E-state index contributed by atoms with van der Waals surface area (Å²) in [5, 5.41) is 0. The number of hydrogen-bond donors (Lipinski definition) is 0. The number of ether oxygens (including phenoxy) is 1. The average Bonchev–Trinajstić information content (AvgIpc) is 2.41. The van der Waals surface area contributed by atoms with Gasteiger partial charge in [-0.3, -0.25) is 0 Å². The maximum absolute atomic E-state index is 12.8. The molecule has 2 rings (SSSR count). The van der Waals surface area contributed by atoms with Gasteiger partial charge in [-0.15, -0.1) is 0 Å².